The highest BCUT2D eigenvalue weighted by Crippen LogP contribution is 2.15. The van der Waals surface area contributed by atoms with Crippen LogP contribution in [0.15, 0.2) is 41.1 Å². The summed E-state index contributed by atoms with van der Waals surface area (Å²) in [6.45, 7) is 4.00. The second-order valence-corrected chi connectivity index (χ2v) is 6.32. The first kappa shape index (κ1) is 14.8. The number of carbonyl (C=O) groups excluding carboxylic acids is 2. The Morgan fingerprint density at radius 3 is 2.82 bits per heavy atom. The molecular weight excluding hydrogens is 296 g/mol. The lowest BCUT2D eigenvalue weighted by Crippen LogP contribution is -2.51. The van der Waals surface area contributed by atoms with Gasteiger partial charge in [0.1, 0.15) is 6.54 Å². The van der Waals surface area contributed by atoms with Crippen LogP contribution in [0, 0.1) is 6.92 Å². The maximum atomic E-state index is 12.3. The van der Waals surface area contributed by atoms with Gasteiger partial charge in [-0.25, -0.2) is 0 Å². The summed E-state index contributed by atoms with van der Waals surface area (Å²) < 4.78 is 0. The Balaban J connectivity index is 1.63. The van der Waals surface area contributed by atoms with E-state index in [0.717, 1.165) is 5.56 Å². The minimum Gasteiger partial charge on any atom is -0.335 e. The van der Waals surface area contributed by atoms with Gasteiger partial charge in [0.25, 0.3) is 5.91 Å². The van der Waals surface area contributed by atoms with Gasteiger partial charge in [-0.3, -0.25) is 9.59 Å². The number of hydrogen-bond acceptors (Lipinski definition) is 3. The van der Waals surface area contributed by atoms with Crippen LogP contribution in [-0.4, -0.2) is 41.2 Å². The molecule has 0 saturated carbocycles. The highest BCUT2D eigenvalue weighted by atomic mass is 32.1. The van der Waals surface area contributed by atoms with Crippen LogP contribution < -0.4 is 0 Å². The first-order valence-corrected chi connectivity index (χ1v) is 8.22. The number of nitrogens with zero attached hydrogens (tertiary/aromatic N) is 2. The van der Waals surface area contributed by atoms with E-state index >= 15 is 0 Å². The molecule has 1 aromatic carbocycles. The summed E-state index contributed by atoms with van der Waals surface area (Å²) in [6.07, 6.45) is 0. The van der Waals surface area contributed by atoms with Crippen molar-refractivity contribution >= 4 is 23.2 Å². The fraction of sp³-hybridized carbons (Fsp3) is 0.294. The van der Waals surface area contributed by atoms with E-state index in [4.69, 9.17) is 0 Å². The van der Waals surface area contributed by atoms with E-state index < -0.39 is 0 Å². The molecule has 1 fully saturated rings. The van der Waals surface area contributed by atoms with Crippen molar-refractivity contribution in [1.82, 2.24) is 9.80 Å². The summed E-state index contributed by atoms with van der Waals surface area (Å²) >= 11 is 1.49. The summed E-state index contributed by atoms with van der Waals surface area (Å²) in [6, 6.07) is 9.98. The maximum Gasteiger partial charge on any atom is 0.255 e. The zero-order valence-corrected chi connectivity index (χ0v) is 13.3. The Bertz CT molecular complexity index is 682. The van der Waals surface area contributed by atoms with Crippen molar-refractivity contribution in [2.75, 3.05) is 19.6 Å². The molecular formula is C17H18N2O2S. The Morgan fingerprint density at radius 2 is 2.14 bits per heavy atom. The molecule has 1 aliphatic heterocycles. The van der Waals surface area contributed by atoms with E-state index in [1.165, 1.54) is 16.9 Å². The van der Waals surface area contributed by atoms with Gasteiger partial charge in [-0.05, 0) is 23.9 Å². The number of benzene rings is 1. The first-order chi connectivity index (χ1) is 10.6. The number of thiophene rings is 1. The predicted molar refractivity (Wildman–Crippen MR) is 86.8 cm³/mol. The van der Waals surface area contributed by atoms with E-state index in [2.05, 4.69) is 6.07 Å². The lowest BCUT2D eigenvalue weighted by Gasteiger charge is -2.34. The van der Waals surface area contributed by atoms with Crippen molar-refractivity contribution in [3.63, 3.8) is 0 Å². The topological polar surface area (TPSA) is 40.6 Å². The average molecular weight is 314 g/mol. The van der Waals surface area contributed by atoms with Gasteiger partial charge >= 0.3 is 0 Å². The third-order valence-corrected chi connectivity index (χ3v) is 4.51. The second kappa shape index (κ2) is 6.32. The zero-order chi connectivity index (χ0) is 15.5. The van der Waals surface area contributed by atoms with E-state index in [-0.39, 0.29) is 18.4 Å². The molecule has 114 valence electrons. The minimum atomic E-state index is -0.0511. The number of rotatable bonds is 3. The smallest absolute Gasteiger partial charge is 0.255 e. The van der Waals surface area contributed by atoms with Gasteiger partial charge in [0.2, 0.25) is 5.91 Å². The molecule has 0 atom stereocenters. The van der Waals surface area contributed by atoms with Gasteiger partial charge in [0.15, 0.2) is 0 Å². The van der Waals surface area contributed by atoms with E-state index in [1.54, 1.807) is 11.0 Å². The third-order valence-electron chi connectivity index (χ3n) is 3.83. The van der Waals surface area contributed by atoms with Crippen LogP contribution in [0.1, 0.15) is 21.5 Å². The molecule has 1 aromatic heterocycles. The molecule has 3 rings (SSSR count). The summed E-state index contributed by atoms with van der Waals surface area (Å²) in [5, 5.41) is 3.70. The monoisotopic (exact) mass is 314 g/mol. The lowest BCUT2D eigenvalue weighted by molar-refractivity contribution is -0.135. The van der Waals surface area contributed by atoms with Gasteiger partial charge in [0, 0.05) is 25.0 Å². The molecule has 5 heteroatoms. The highest BCUT2D eigenvalue weighted by molar-refractivity contribution is 7.08. The molecule has 0 radical (unpaired) electrons. The fourth-order valence-electron chi connectivity index (χ4n) is 2.65. The molecule has 22 heavy (non-hydrogen) atoms. The molecule has 1 aliphatic rings. The van der Waals surface area contributed by atoms with Crippen molar-refractivity contribution in [1.29, 1.82) is 0 Å². The lowest BCUT2D eigenvalue weighted by atomic mass is 10.1. The molecule has 4 nitrogen and oxygen atoms in total. The van der Waals surface area contributed by atoms with Crippen molar-refractivity contribution in [2.24, 2.45) is 0 Å². The maximum absolute atomic E-state index is 12.3. The number of amides is 2. The van der Waals surface area contributed by atoms with Crippen molar-refractivity contribution < 1.29 is 9.59 Å². The van der Waals surface area contributed by atoms with Crippen LogP contribution in [0.5, 0.6) is 0 Å². The van der Waals surface area contributed by atoms with Gasteiger partial charge in [-0.2, -0.15) is 11.3 Å². The van der Waals surface area contributed by atoms with Gasteiger partial charge in [-0.1, -0.05) is 29.8 Å². The standard InChI is InChI=1S/C17H18N2O2S/c1-13-3-2-4-14(9-13)10-18-6-7-19(11-16(18)20)17(21)15-5-8-22-12-15/h2-5,8-9,12H,6-7,10-11H2,1H3. The van der Waals surface area contributed by atoms with E-state index in [0.29, 0.717) is 25.2 Å². The third kappa shape index (κ3) is 3.20. The number of aryl methyl sites for hydroxylation is 1. The van der Waals surface area contributed by atoms with Gasteiger partial charge in [0.05, 0.1) is 5.56 Å². The largest absolute Gasteiger partial charge is 0.335 e. The summed E-state index contributed by atoms with van der Waals surface area (Å²) in [5.74, 6) is -0.0406. The number of carbonyl (C=O) groups is 2. The van der Waals surface area contributed by atoms with Gasteiger partial charge < -0.3 is 9.80 Å². The number of piperazine rings is 1. The van der Waals surface area contributed by atoms with Crippen LogP contribution in [0.4, 0.5) is 0 Å². The Morgan fingerprint density at radius 1 is 1.27 bits per heavy atom. The van der Waals surface area contributed by atoms with Crippen molar-refractivity contribution in [3.8, 4) is 0 Å². The zero-order valence-electron chi connectivity index (χ0n) is 12.5. The molecule has 1 saturated heterocycles. The fourth-order valence-corrected chi connectivity index (χ4v) is 3.28. The Labute approximate surface area is 134 Å². The molecule has 0 unspecified atom stereocenters. The molecule has 2 aromatic rings. The molecule has 2 amide bonds. The summed E-state index contributed by atoms with van der Waals surface area (Å²) in [4.78, 5) is 28.0. The summed E-state index contributed by atoms with van der Waals surface area (Å²) in [5.41, 5.74) is 2.99. The average Bonchev–Trinajstić information content (AvgIpc) is 3.03. The quantitative estimate of drug-likeness (QED) is 0.873. The highest BCUT2D eigenvalue weighted by Gasteiger charge is 2.27. The van der Waals surface area contributed by atoms with E-state index in [1.807, 2.05) is 40.8 Å². The SMILES string of the molecule is Cc1cccc(CN2CCN(C(=O)c3ccsc3)CC2=O)c1. The van der Waals surface area contributed by atoms with Crippen LogP contribution in [-0.2, 0) is 11.3 Å². The van der Waals surface area contributed by atoms with Crippen molar-refractivity contribution in [2.45, 2.75) is 13.5 Å². The molecule has 0 spiro atoms. The molecule has 2 heterocycles. The van der Waals surface area contributed by atoms with Crippen LogP contribution in [0.2, 0.25) is 0 Å². The van der Waals surface area contributed by atoms with Crippen LogP contribution >= 0.6 is 11.3 Å². The second-order valence-electron chi connectivity index (χ2n) is 5.54. The van der Waals surface area contributed by atoms with Crippen LogP contribution in [0.3, 0.4) is 0 Å². The van der Waals surface area contributed by atoms with Gasteiger partial charge in [-0.15, -0.1) is 0 Å². The number of hydrogen-bond donors (Lipinski definition) is 0. The Hall–Kier alpha value is -2.14. The minimum absolute atomic E-state index is 0.0105. The molecule has 0 bridgehead atoms. The molecule has 0 aliphatic carbocycles. The first-order valence-electron chi connectivity index (χ1n) is 7.28. The Kier molecular flexibility index (Phi) is 4.24. The molecule has 0 N–H and O–H groups in total. The van der Waals surface area contributed by atoms with E-state index in [9.17, 15) is 9.59 Å². The normalized spacial score (nSPS) is 15.2. The van der Waals surface area contributed by atoms with Crippen LogP contribution in [0.25, 0.3) is 0 Å². The summed E-state index contributed by atoms with van der Waals surface area (Å²) in [7, 11) is 0. The predicted octanol–water partition coefficient (Wildman–Crippen LogP) is 2.54. The van der Waals surface area contributed by atoms with Crippen molar-refractivity contribution in [3.05, 3.63) is 57.8 Å².